The van der Waals surface area contributed by atoms with Gasteiger partial charge in [0, 0.05) is 17.1 Å². The maximum atomic E-state index is 10.2. The van der Waals surface area contributed by atoms with Crippen LogP contribution >= 0.6 is 27.3 Å². The third-order valence-electron chi connectivity index (χ3n) is 2.80. The molecule has 0 amide bonds. The van der Waals surface area contributed by atoms with Crippen LogP contribution in [0.4, 0.5) is 0 Å². The molecule has 0 aliphatic rings. The van der Waals surface area contributed by atoms with Crippen LogP contribution in [0.25, 0.3) is 10.2 Å². The van der Waals surface area contributed by atoms with Crippen LogP contribution in [0.1, 0.15) is 16.8 Å². The van der Waals surface area contributed by atoms with E-state index in [2.05, 4.69) is 25.9 Å². The van der Waals surface area contributed by atoms with Crippen molar-refractivity contribution in [2.24, 2.45) is 0 Å². The van der Waals surface area contributed by atoms with E-state index in [9.17, 15) is 5.11 Å². The number of halogens is 1. The highest BCUT2D eigenvalue weighted by atomic mass is 79.9. The normalized spacial score (nSPS) is 12.7. The largest absolute Gasteiger partial charge is 0.386 e. The predicted molar refractivity (Wildman–Crippen MR) is 80.2 cm³/mol. The van der Waals surface area contributed by atoms with Crippen molar-refractivity contribution >= 4 is 37.5 Å². The topological polar surface area (TPSA) is 46.0 Å². The molecule has 2 aromatic heterocycles. The van der Waals surface area contributed by atoms with Crippen LogP contribution in [0.3, 0.4) is 0 Å². The van der Waals surface area contributed by atoms with Crippen LogP contribution in [0, 0.1) is 0 Å². The number of fused-ring (bicyclic) bond motifs is 1. The summed E-state index contributed by atoms with van der Waals surface area (Å²) >= 11 is 4.95. The van der Waals surface area contributed by atoms with E-state index in [4.69, 9.17) is 0 Å². The highest BCUT2D eigenvalue weighted by Gasteiger charge is 2.13. The number of hydrogen-bond acceptors (Lipinski definition) is 4. The minimum atomic E-state index is -0.617. The molecule has 3 rings (SSSR count). The second-order valence-corrected chi connectivity index (χ2v) is 6.23. The van der Waals surface area contributed by atoms with Gasteiger partial charge in [0.2, 0.25) is 0 Å². The van der Waals surface area contributed by atoms with Gasteiger partial charge in [-0.1, -0.05) is 12.1 Å². The van der Waals surface area contributed by atoms with Crippen molar-refractivity contribution in [3.63, 3.8) is 0 Å². The lowest BCUT2D eigenvalue weighted by Gasteiger charge is -2.07. The lowest BCUT2D eigenvalue weighted by atomic mass is 10.2. The number of aliphatic hydroxyl groups is 1. The number of rotatable bonds is 3. The van der Waals surface area contributed by atoms with Crippen molar-refractivity contribution in [1.29, 1.82) is 0 Å². The fourth-order valence-corrected chi connectivity index (χ4v) is 3.10. The minimum Gasteiger partial charge on any atom is -0.386 e. The Balaban J connectivity index is 1.82. The quantitative estimate of drug-likeness (QED) is 0.793. The molecular weight excluding hydrogens is 324 g/mol. The number of nitrogens with zero attached hydrogens (tertiary/aromatic N) is 2. The Bertz CT molecular complexity index is 663. The maximum absolute atomic E-state index is 10.2. The zero-order valence-electron chi connectivity index (χ0n) is 9.95. The Morgan fingerprint density at radius 3 is 2.79 bits per heavy atom. The molecule has 0 saturated carbocycles. The molecule has 5 heteroatoms. The van der Waals surface area contributed by atoms with Crippen molar-refractivity contribution in [1.82, 2.24) is 9.97 Å². The van der Waals surface area contributed by atoms with Gasteiger partial charge in [-0.3, -0.25) is 4.98 Å². The zero-order chi connectivity index (χ0) is 13.2. The van der Waals surface area contributed by atoms with Crippen LogP contribution in [0.15, 0.2) is 47.1 Å². The van der Waals surface area contributed by atoms with Gasteiger partial charge in [-0.25, -0.2) is 4.98 Å². The van der Waals surface area contributed by atoms with Gasteiger partial charge in [0.05, 0.1) is 20.9 Å². The molecule has 19 heavy (non-hydrogen) atoms. The highest BCUT2D eigenvalue weighted by molar-refractivity contribution is 9.10. The Hall–Kier alpha value is -1.30. The average Bonchev–Trinajstić information content (AvgIpc) is 2.81. The summed E-state index contributed by atoms with van der Waals surface area (Å²) in [6, 6.07) is 11.7. The second-order valence-electron chi connectivity index (χ2n) is 4.20. The predicted octanol–water partition coefficient (Wildman–Crippen LogP) is 3.73. The Morgan fingerprint density at radius 1 is 1.21 bits per heavy atom. The Kier molecular flexibility index (Phi) is 3.59. The van der Waals surface area contributed by atoms with E-state index < -0.39 is 6.10 Å². The fraction of sp³-hybridized carbons (Fsp3) is 0.143. The third-order valence-corrected chi connectivity index (χ3v) is 4.33. The number of thiazole rings is 1. The smallest absolute Gasteiger partial charge is 0.102 e. The first-order valence-corrected chi connectivity index (χ1v) is 7.47. The monoisotopic (exact) mass is 334 g/mol. The van der Waals surface area contributed by atoms with Crippen LogP contribution in [-0.2, 0) is 6.42 Å². The van der Waals surface area contributed by atoms with E-state index in [1.54, 1.807) is 17.5 Å². The zero-order valence-corrected chi connectivity index (χ0v) is 12.4. The maximum Gasteiger partial charge on any atom is 0.102 e. The first-order valence-electron chi connectivity index (χ1n) is 5.86. The van der Waals surface area contributed by atoms with Gasteiger partial charge in [-0.05, 0) is 40.2 Å². The van der Waals surface area contributed by atoms with E-state index in [0.29, 0.717) is 12.1 Å². The second kappa shape index (κ2) is 5.36. The van der Waals surface area contributed by atoms with Crippen LogP contribution in [-0.4, -0.2) is 15.1 Å². The molecule has 96 valence electrons. The Morgan fingerprint density at radius 2 is 2.05 bits per heavy atom. The van der Waals surface area contributed by atoms with E-state index in [1.807, 2.05) is 36.4 Å². The van der Waals surface area contributed by atoms with Gasteiger partial charge in [-0.2, -0.15) is 0 Å². The molecule has 0 aliphatic heterocycles. The SMILES string of the molecule is OC(Cc1nc2ccccc2s1)c1ccc(Br)cn1. The van der Waals surface area contributed by atoms with Crippen molar-refractivity contribution in [3.05, 3.63) is 57.8 Å². The number of aliphatic hydroxyl groups excluding tert-OH is 1. The molecule has 2 heterocycles. The standard InChI is InChI=1S/C14H11BrN2OS/c15-9-5-6-10(16-8-9)12(18)7-14-17-11-3-1-2-4-13(11)19-14/h1-6,8,12,18H,7H2. The first-order chi connectivity index (χ1) is 9.22. The summed E-state index contributed by atoms with van der Waals surface area (Å²) in [6.45, 7) is 0. The summed E-state index contributed by atoms with van der Waals surface area (Å²) in [4.78, 5) is 8.73. The van der Waals surface area contributed by atoms with E-state index in [1.165, 1.54) is 0 Å². The van der Waals surface area contributed by atoms with Crippen molar-refractivity contribution in [2.45, 2.75) is 12.5 Å². The van der Waals surface area contributed by atoms with Gasteiger partial charge in [0.15, 0.2) is 0 Å². The summed E-state index contributed by atoms with van der Waals surface area (Å²) < 4.78 is 2.05. The molecule has 3 aromatic rings. The van der Waals surface area contributed by atoms with E-state index in [0.717, 1.165) is 19.7 Å². The molecule has 3 nitrogen and oxygen atoms in total. The van der Waals surface area contributed by atoms with Crippen LogP contribution in [0.5, 0.6) is 0 Å². The van der Waals surface area contributed by atoms with E-state index >= 15 is 0 Å². The average molecular weight is 335 g/mol. The minimum absolute atomic E-state index is 0.494. The molecule has 1 aromatic carbocycles. The third kappa shape index (κ3) is 2.83. The summed E-state index contributed by atoms with van der Waals surface area (Å²) in [6.07, 6.45) is 1.57. The molecule has 0 fully saturated rings. The van der Waals surface area contributed by atoms with Gasteiger partial charge in [0.1, 0.15) is 6.10 Å². The van der Waals surface area contributed by atoms with Gasteiger partial charge in [0.25, 0.3) is 0 Å². The molecule has 0 bridgehead atoms. The molecule has 0 spiro atoms. The number of benzene rings is 1. The van der Waals surface area contributed by atoms with Crippen molar-refractivity contribution < 1.29 is 5.11 Å². The van der Waals surface area contributed by atoms with Gasteiger partial charge in [-0.15, -0.1) is 11.3 Å². The lowest BCUT2D eigenvalue weighted by Crippen LogP contribution is -2.03. The fourth-order valence-electron chi connectivity index (χ4n) is 1.86. The molecule has 0 radical (unpaired) electrons. The highest BCUT2D eigenvalue weighted by Crippen LogP contribution is 2.25. The number of hydrogen-bond donors (Lipinski definition) is 1. The van der Waals surface area contributed by atoms with Gasteiger partial charge >= 0.3 is 0 Å². The lowest BCUT2D eigenvalue weighted by molar-refractivity contribution is 0.173. The Labute approximate surface area is 123 Å². The molecule has 1 atom stereocenters. The molecule has 0 aliphatic carbocycles. The van der Waals surface area contributed by atoms with Gasteiger partial charge < -0.3 is 5.11 Å². The van der Waals surface area contributed by atoms with Crippen molar-refractivity contribution in [3.8, 4) is 0 Å². The molecular formula is C14H11BrN2OS. The summed E-state index contributed by atoms with van der Waals surface area (Å²) in [5.74, 6) is 0. The number of aromatic nitrogens is 2. The van der Waals surface area contributed by atoms with Crippen molar-refractivity contribution in [2.75, 3.05) is 0 Å². The molecule has 0 saturated heterocycles. The molecule has 1 unspecified atom stereocenters. The summed E-state index contributed by atoms with van der Waals surface area (Å²) in [5.41, 5.74) is 1.65. The first kappa shape index (κ1) is 12.7. The van der Waals surface area contributed by atoms with E-state index in [-0.39, 0.29) is 0 Å². The summed E-state index contributed by atoms with van der Waals surface area (Å²) in [7, 11) is 0. The summed E-state index contributed by atoms with van der Waals surface area (Å²) in [5, 5.41) is 11.1. The van der Waals surface area contributed by atoms with Crippen LogP contribution in [0.2, 0.25) is 0 Å². The van der Waals surface area contributed by atoms with Crippen LogP contribution < -0.4 is 0 Å². The molecule has 1 N–H and O–H groups in total. The number of para-hydroxylation sites is 1. The number of pyridine rings is 1.